The van der Waals surface area contributed by atoms with E-state index in [9.17, 15) is 19.8 Å². The van der Waals surface area contributed by atoms with E-state index in [4.69, 9.17) is 0 Å². The monoisotopic (exact) mass is 504 g/mol. The molecule has 6 rings (SSSR count). The normalized spacial score (nSPS) is 39.3. The lowest BCUT2D eigenvalue weighted by Crippen LogP contribution is -2.61. The van der Waals surface area contributed by atoms with Gasteiger partial charge in [0.2, 0.25) is 0 Å². The number of benzene rings is 1. The van der Waals surface area contributed by atoms with E-state index in [1.54, 1.807) is 12.2 Å². The standard InChI is InChI=1S/C29H32N2O4S/c1-27-11-9-18(32)13-17(27)7-8-19-21-10-12-29(35,28(21,2)14-23(33)25(19)27)24(34)15-36-26-20-5-3-4-6-22(20)30-16-31-26/h3-6,9,11,13,16,19,21,23,25,33,35H,7-8,10,12,14-15H2,1-2H3/t19?,21?,23?,25?,27?,28?,29-/m0/s1. The fourth-order valence-corrected chi connectivity index (χ4v) is 9.09. The molecule has 0 amide bonds. The number of allylic oxidation sites excluding steroid dienone is 4. The zero-order chi connectivity index (χ0) is 25.3. The molecular formula is C29H32N2O4S. The number of hydrogen-bond acceptors (Lipinski definition) is 7. The Morgan fingerprint density at radius 3 is 2.83 bits per heavy atom. The van der Waals surface area contributed by atoms with E-state index in [0.717, 1.165) is 40.8 Å². The number of ketones is 2. The van der Waals surface area contributed by atoms with Crippen LogP contribution in [0.1, 0.15) is 46.0 Å². The maximum Gasteiger partial charge on any atom is 0.178 e. The summed E-state index contributed by atoms with van der Waals surface area (Å²) in [6.07, 6.45) is 9.48. The number of aromatic nitrogens is 2. The average Bonchev–Trinajstić information content (AvgIpc) is 3.13. The lowest BCUT2D eigenvalue weighted by atomic mass is 9.46. The summed E-state index contributed by atoms with van der Waals surface area (Å²) >= 11 is 1.35. The van der Waals surface area contributed by atoms with Gasteiger partial charge in [-0.25, -0.2) is 9.97 Å². The van der Waals surface area contributed by atoms with Crippen molar-refractivity contribution in [3.05, 3.63) is 54.4 Å². The number of para-hydroxylation sites is 1. The Morgan fingerprint density at radius 2 is 2.00 bits per heavy atom. The number of thioether (sulfide) groups is 1. The molecule has 0 saturated heterocycles. The quantitative estimate of drug-likeness (QED) is 0.473. The summed E-state index contributed by atoms with van der Waals surface area (Å²) in [7, 11) is 0. The predicted molar refractivity (Wildman–Crippen MR) is 138 cm³/mol. The number of aliphatic hydroxyl groups excluding tert-OH is 1. The van der Waals surface area contributed by atoms with E-state index >= 15 is 0 Å². The molecule has 7 heteroatoms. The number of carbonyl (C=O) groups excluding carboxylic acids is 2. The lowest BCUT2D eigenvalue weighted by Gasteiger charge is -2.59. The van der Waals surface area contributed by atoms with Gasteiger partial charge in [-0.3, -0.25) is 9.59 Å². The summed E-state index contributed by atoms with van der Waals surface area (Å²) in [5.41, 5.74) is -0.587. The number of Topliss-reactive ketones (excluding diaryl/α,β-unsaturated/α-hetero) is 1. The number of nitrogens with zero attached hydrogens (tertiary/aromatic N) is 2. The average molecular weight is 505 g/mol. The molecule has 7 atom stereocenters. The molecule has 0 aliphatic heterocycles. The highest BCUT2D eigenvalue weighted by atomic mass is 32.2. The molecule has 1 heterocycles. The zero-order valence-corrected chi connectivity index (χ0v) is 21.5. The van der Waals surface area contributed by atoms with Gasteiger partial charge in [-0.2, -0.15) is 0 Å². The van der Waals surface area contributed by atoms with Gasteiger partial charge in [-0.05, 0) is 62.2 Å². The predicted octanol–water partition coefficient (Wildman–Crippen LogP) is 4.30. The molecule has 3 fully saturated rings. The second-order valence-corrected chi connectivity index (χ2v) is 12.5. The molecule has 2 N–H and O–H groups in total. The molecule has 1 aromatic heterocycles. The largest absolute Gasteiger partial charge is 0.393 e. The van der Waals surface area contributed by atoms with Crippen molar-refractivity contribution in [2.45, 2.75) is 62.7 Å². The molecule has 3 saturated carbocycles. The Balaban J connectivity index is 1.26. The first-order valence-corrected chi connectivity index (χ1v) is 13.9. The fraction of sp³-hybridized carbons (Fsp3) is 0.517. The van der Waals surface area contributed by atoms with Gasteiger partial charge in [0.25, 0.3) is 0 Å². The van der Waals surface area contributed by atoms with Crippen molar-refractivity contribution in [1.29, 1.82) is 0 Å². The third-order valence-corrected chi connectivity index (χ3v) is 11.0. The van der Waals surface area contributed by atoms with Crippen molar-refractivity contribution in [2.75, 3.05) is 5.75 Å². The second-order valence-electron chi connectivity index (χ2n) is 11.5. The van der Waals surface area contributed by atoms with E-state index in [1.807, 2.05) is 37.3 Å². The summed E-state index contributed by atoms with van der Waals surface area (Å²) in [6.45, 7) is 4.15. The Hall–Kier alpha value is -2.35. The highest BCUT2D eigenvalue weighted by Crippen LogP contribution is 2.67. The topological polar surface area (TPSA) is 100 Å². The van der Waals surface area contributed by atoms with Crippen LogP contribution in [0.4, 0.5) is 0 Å². The van der Waals surface area contributed by atoms with E-state index < -0.39 is 17.1 Å². The Labute approximate surface area is 215 Å². The maximum atomic E-state index is 13.7. The summed E-state index contributed by atoms with van der Waals surface area (Å²) in [4.78, 5) is 34.4. The Bertz CT molecular complexity index is 1320. The van der Waals surface area contributed by atoms with Crippen molar-refractivity contribution in [3.8, 4) is 0 Å². The third kappa shape index (κ3) is 3.32. The first-order chi connectivity index (χ1) is 17.2. The fourth-order valence-electron chi connectivity index (χ4n) is 8.14. The van der Waals surface area contributed by atoms with Gasteiger partial charge >= 0.3 is 0 Å². The molecule has 4 aliphatic rings. The van der Waals surface area contributed by atoms with Crippen molar-refractivity contribution in [3.63, 3.8) is 0 Å². The molecule has 36 heavy (non-hydrogen) atoms. The Kier molecular flexibility index (Phi) is 5.56. The van der Waals surface area contributed by atoms with Gasteiger partial charge in [0.05, 0.1) is 17.4 Å². The molecular weight excluding hydrogens is 472 g/mol. The first-order valence-electron chi connectivity index (χ1n) is 12.9. The summed E-state index contributed by atoms with van der Waals surface area (Å²) in [5, 5.41) is 25.1. The van der Waals surface area contributed by atoms with Gasteiger partial charge in [0, 0.05) is 22.1 Å². The number of rotatable bonds is 4. The van der Waals surface area contributed by atoms with Crippen LogP contribution < -0.4 is 0 Å². The number of aliphatic hydroxyl groups is 2. The SMILES string of the molecule is CC12C=CC(=O)C=C1CCC1C2C(O)CC2(C)C1CC[C@]2(O)C(=O)CSc1ncnc2ccccc12. The number of hydrogen-bond donors (Lipinski definition) is 2. The van der Waals surface area contributed by atoms with Crippen LogP contribution in [-0.4, -0.2) is 49.2 Å². The Morgan fingerprint density at radius 1 is 1.19 bits per heavy atom. The molecule has 1 aromatic carbocycles. The minimum atomic E-state index is -1.48. The van der Waals surface area contributed by atoms with Crippen LogP contribution in [0.25, 0.3) is 10.9 Å². The molecule has 188 valence electrons. The molecule has 0 radical (unpaired) electrons. The minimum absolute atomic E-state index is 0.0147. The van der Waals surface area contributed by atoms with Crippen molar-refractivity contribution in [2.24, 2.45) is 28.6 Å². The van der Waals surface area contributed by atoms with Crippen LogP contribution >= 0.6 is 11.8 Å². The molecule has 6 nitrogen and oxygen atoms in total. The second kappa shape index (κ2) is 8.33. The van der Waals surface area contributed by atoms with Crippen LogP contribution in [0.3, 0.4) is 0 Å². The van der Waals surface area contributed by atoms with Crippen molar-refractivity contribution < 1.29 is 19.8 Å². The molecule has 0 bridgehead atoms. The van der Waals surface area contributed by atoms with Crippen molar-refractivity contribution >= 4 is 34.2 Å². The van der Waals surface area contributed by atoms with E-state index in [-0.39, 0.29) is 40.5 Å². The van der Waals surface area contributed by atoms with Crippen LogP contribution in [0.15, 0.2) is 59.4 Å². The summed E-state index contributed by atoms with van der Waals surface area (Å²) in [5.74, 6) is 0.286. The molecule has 0 spiro atoms. The smallest absolute Gasteiger partial charge is 0.178 e. The van der Waals surface area contributed by atoms with Crippen LogP contribution in [0.2, 0.25) is 0 Å². The summed E-state index contributed by atoms with van der Waals surface area (Å²) < 4.78 is 0. The third-order valence-electron chi connectivity index (χ3n) is 9.96. The van der Waals surface area contributed by atoms with Gasteiger partial charge < -0.3 is 10.2 Å². The minimum Gasteiger partial charge on any atom is -0.393 e. The van der Waals surface area contributed by atoms with E-state index in [0.29, 0.717) is 12.8 Å². The molecule has 4 aliphatic carbocycles. The number of fused-ring (bicyclic) bond motifs is 6. The number of carbonyl (C=O) groups is 2. The van der Waals surface area contributed by atoms with Crippen molar-refractivity contribution in [1.82, 2.24) is 9.97 Å². The van der Waals surface area contributed by atoms with Crippen LogP contribution in [-0.2, 0) is 9.59 Å². The van der Waals surface area contributed by atoms with Gasteiger partial charge in [-0.1, -0.05) is 55.5 Å². The molecule has 6 unspecified atom stereocenters. The highest BCUT2D eigenvalue weighted by Gasteiger charge is 2.67. The zero-order valence-electron chi connectivity index (χ0n) is 20.7. The van der Waals surface area contributed by atoms with E-state index in [1.165, 1.54) is 18.1 Å². The molecule has 2 aromatic rings. The van der Waals surface area contributed by atoms with Gasteiger partial charge in [0.15, 0.2) is 11.6 Å². The summed E-state index contributed by atoms with van der Waals surface area (Å²) in [6, 6.07) is 7.71. The highest BCUT2D eigenvalue weighted by molar-refractivity contribution is 8.00. The first kappa shape index (κ1) is 24.0. The van der Waals surface area contributed by atoms with Crippen LogP contribution in [0.5, 0.6) is 0 Å². The van der Waals surface area contributed by atoms with Gasteiger partial charge in [0.1, 0.15) is 17.0 Å². The van der Waals surface area contributed by atoms with E-state index in [2.05, 4.69) is 16.9 Å². The lowest BCUT2D eigenvalue weighted by molar-refractivity contribution is -0.174. The maximum absolute atomic E-state index is 13.7. The van der Waals surface area contributed by atoms with Gasteiger partial charge in [-0.15, -0.1) is 0 Å². The van der Waals surface area contributed by atoms with Crippen LogP contribution in [0, 0.1) is 28.6 Å².